The summed E-state index contributed by atoms with van der Waals surface area (Å²) >= 11 is 6.30. The average molecular weight is 374 g/mol. The smallest absolute Gasteiger partial charge is 0.255 e. The van der Waals surface area contributed by atoms with E-state index in [9.17, 15) is 4.79 Å². The van der Waals surface area contributed by atoms with E-state index in [1.54, 1.807) is 4.90 Å². The van der Waals surface area contributed by atoms with Crippen molar-refractivity contribution in [3.05, 3.63) is 22.7 Å². The molecule has 25 heavy (non-hydrogen) atoms. The van der Waals surface area contributed by atoms with E-state index in [0.717, 1.165) is 51.5 Å². The number of nitrogens with one attached hydrogen (secondary N) is 1. The number of quaternary nitrogens is 2. The fourth-order valence-corrected chi connectivity index (χ4v) is 3.06. The highest BCUT2D eigenvalue weighted by atomic mass is 35.5. The van der Waals surface area contributed by atoms with Crippen molar-refractivity contribution in [2.45, 2.75) is 13.5 Å². The molecule has 0 spiro atoms. The van der Waals surface area contributed by atoms with Crippen LogP contribution in [-0.2, 0) is 16.1 Å². The van der Waals surface area contributed by atoms with E-state index in [0.29, 0.717) is 23.1 Å². The van der Waals surface area contributed by atoms with Crippen LogP contribution in [0.3, 0.4) is 0 Å². The number of amides is 1. The van der Waals surface area contributed by atoms with Gasteiger partial charge in [-0.25, -0.2) is 0 Å². The highest BCUT2D eigenvalue weighted by molar-refractivity contribution is 6.32. The number of ether oxygens (including phenoxy) is 3. The molecule has 0 aliphatic carbocycles. The number of halogens is 1. The standard InChI is InChI=1S/C17H26ClN3O4/c1-2-24-15-10-13(9-14(18)17(15)25-12-16(19)22)11-20-3-4-21-5-7-23-8-6-21/h9-10,20H,2-8,11-12H2,1H3,(H2,19,22)/p+2. The number of carbonyl (C=O) groups is 1. The number of hydrogen-bond acceptors (Lipinski definition) is 4. The minimum Gasteiger partial charge on any atom is -0.490 e. The Morgan fingerprint density at radius 3 is 2.80 bits per heavy atom. The quantitative estimate of drug-likeness (QED) is 0.439. The highest BCUT2D eigenvalue weighted by Crippen LogP contribution is 2.36. The molecule has 1 heterocycles. The SMILES string of the molecule is CCOc1cc(C[NH2+]CC[NH+]2CCOCC2)cc(Cl)c1OCC(N)=O. The van der Waals surface area contributed by atoms with Crippen LogP contribution >= 0.6 is 11.6 Å². The molecule has 5 N–H and O–H groups in total. The van der Waals surface area contributed by atoms with Crippen molar-refractivity contribution in [1.29, 1.82) is 0 Å². The number of hydrogen-bond donors (Lipinski definition) is 3. The summed E-state index contributed by atoms with van der Waals surface area (Å²) in [7, 11) is 0. The van der Waals surface area contributed by atoms with Crippen molar-refractivity contribution >= 4 is 17.5 Å². The summed E-state index contributed by atoms with van der Waals surface area (Å²) in [4.78, 5) is 12.5. The fraction of sp³-hybridized carbons (Fsp3) is 0.588. The molecule has 7 nitrogen and oxygen atoms in total. The minimum atomic E-state index is -0.554. The lowest BCUT2D eigenvalue weighted by Gasteiger charge is -2.22. The molecule has 1 fully saturated rings. The maximum Gasteiger partial charge on any atom is 0.255 e. The van der Waals surface area contributed by atoms with Crippen molar-refractivity contribution in [1.82, 2.24) is 0 Å². The monoisotopic (exact) mass is 373 g/mol. The molecule has 0 unspecified atom stereocenters. The van der Waals surface area contributed by atoms with Crippen LogP contribution in [0.1, 0.15) is 12.5 Å². The number of benzene rings is 1. The third-order valence-electron chi connectivity index (χ3n) is 4.01. The Kier molecular flexibility index (Phi) is 8.27. The molecule has 1 aromatic rings. The molecule has 1 amide bonds. The molecule has 1 aliphatic rings. The molecule has 140 valence electrons. The van der Waals surface area contributed by atoms with Gasteiger partial charge in [-0.05, 0) is 19.1 Å². The van der Waals surface area contributed by atoms with Gasteiger partial charge in [-0.2, -0.15) is 0 Å². The molecule has 1 aliphatic heterocycles. The van der Waals surface area contributed by atoms with Gasteiger partial charge in [0.2, 0.25) is 0 Å². The van der Waals surface area contributed by atoms with Gasteiger partial charge in [-0.1, -0.05) is 11.6 Å². The van der Waals surface area contributed by atoms with Crippen LogP contribution in [-0.4, -0.2) is 58.5 Å². The van der Waals surface area contributed by atoms with Crippen LogP contribution in [0.2, 0.25) is 5.02 Å². The largest absolute Gasteiger partial charge is 0.490 e. The topological polar surface area (TPSA) is 91.8 Å². The lowest BCUT2D eigenvalue weighted by atomic mass is 10.2. The molecule has 0 aromatic heterocycles. The molecule has 0 saturated carbocycles. The van der Waals surface area contributed by atoms with E-state index in [-0.39, 0.29) is 6.61 Å². The maximum atomic E-state index is 10.9. The first kappa shape index (κ1) is 19.8. The van der Waals surface area contributed by atoms with Gasteiger partial charge >= 0.3 is 0 Å². The first-order valence-corrected chi connectivity index (χ1v) is 9.07. The van der Waals surface area contributed by atoms with Gasteiger partial charge in [0.15, 0.2) is 18.1 Å². The second kappa shape index (κ2) is 10.5. The Hall–Kier alpha value is -1.54. The summed E-state index contributed by atoms with van der Waals surface area (Å²) in [5.41, 5.74) is 6.18. The van der Waals surface area contributed by atoms with E-state index in [1.807, 2.05) is 19.1 Å². The summed E-state index contributed by atoms with van der Waals surface area (Å²) in [5.74, 6) is 0.351. The molecule has 2 rings (SSSR count). The molecule has 1 saturated heterocycles. The molecule has 0 radical (unpaired) electrons. The Balaban J connectivity index is 1.89. The van der Waals surface area contributed by atoms with E-state index >= 15 is 0 Å². The second-order valence-corrected chi connectivity index (χ2v) is 6.39. The number of rotatable bonds is 10. The van der Waals surface area contributed by atoms with Crippen LogP contribution in [0.25, 0.3) is 0 Å². The van der Waals surface area contributed by atoms with Crippen LogP contribution in [0.15, 0.2) is 12.1 Å². The van der Waals surface area contributed by atoms with Crippen molar-refractivity contribution in [2.75, 3.05) is 52.6 Å². The first-order valence-electron chi connectivity index (χ1n) is 8.69. The van der Waals surface area contributed by atoms with Gasteiger partial charge in [-0.3, -0.25) is 4.79 Å². The Bertz CT molecular complexity index is 565. The zero-order valence-corrected chi connectivity index (χ0v) is 15.4. The van der Waals surface area contributed by atoms with E-state index in [2.05, 4.69) is 5.32 Å². The number of carbonyl (C=O) groups excluding carboxylic acids is 1. The summed E-state index contributed by atoms with van der Waals surface area (Å²) in [5, 5.41) is 2.68. The van der Waals surface area contributed by atoms with E-state index < -0.39 is 5.91 Å². The molecular weight excluding hydrogens is 346 g/mol. The summed E-state index contributed by atoms with van der Waals surface area (Å²) < 4.78 is 16.4. The lowest BCUT2D eigenvalue weighted by Crippen LogP contribution is -3.16. The minimum absolute atomic E-state index is 0.229. The predicted octanol–water partition coefficient (Wildman–Crippen LogP) is -1.42. The van der Waals surface area contributed by atoms with Gasteiger partial charge in [0.25, 0.3) is 5.91 Å². The van der Waals surface area contributed by atoms with E-state index in [1.165, 1.54) is 0 Å². The summed E-state index contributed by atoms with van der Waals surface area (Å²) in [6.07, 6.45) is 0. The number of primary amides is 1. The van der Waals surface area contributed by atoms with Crippen molar-refractivity contribution in [2.24, 2.45) is 5.73 Å². The number of morpholine rings is 1. The summed E-state index contributed by atoms with van der Waals surface area (Å²) in [6, 6.07) is 3.75. The van der Waals surface area contributed by atoms with E-state index in [4.69, 9.17) is 31.5 Å². The molecule has 1 aromatic carbocycles. The van der Waals surface area contributed by atoms with Gasteiger partial charge in [0, 0.05) is 5.56 Å². The van der Waals surface area contributed by atoms with Crippen molar-refractivity contribution in [3.63, 3.8) is 0 Å². The predicted molar refractivity (Wildman–Crippen MR) is 94.2 cm³/mol. The Labute approximate surface area is 153 Å². The van der Waals surface area contributed by atoms with Crippen LogP contribution in [0.4, 0.5) is 0 Å². The van der Waals surface area contributed by atoms with Crippen LogP contribution < -0.4 is 25.4 Å². The lowest BCUT2D eigenvalue weighted by molar-refractivity contribution is -0.920. The van der Waals surface area contributed by atoms with Crippen molar-refractivity contribution < 1.29 is 29.2 Å². The molecule has 0 atom stereocenters. The normalized spacial score (nSPS) is 15.1. The van der Waals surface area contributed by atoms with Crippen LogP contribution in [0, 0.1) is 0 Å². The van der Waals surface area contributed by atoms with Gasteiger partial charge in [-0.15, -0.1) is 0 Å². The fourth-order valence-electron chi connectivity index (χ4n) is 2.77. The zero-order valence-electron chi connectivity index (χ0n) is 14.7. The second-order valence-electron chi connectivity index (χ2n) is 5.99. The molecular formula is C17H28ClN3O4+2. The number of nitrogens with two attached hydrogens (primary N) is 2. The highest BCUT2D eigenvalue weighted by Gasteiger charge is 2.16. The third kappa shape index (κ3) is 6.70. The third-order valence-corrected chi connectivity index (χ3v) is 4.29. The maximum absolute atomic E-state index is 10.9. The van der Waals surface area contributed by atoms with Gasteiger partial charge < -0.3 is 30.2 Å². The van der Waals surface area contributed by atoms with Crippen LogP contribution in [0.5, 0.6) is 11.5 Å². The summed E-state index contributed by atoms with van der Waals surface area (Å²) in [6.45, 7) is 8.98. The van der Waals surface area contributed by atoms with Crippen molar-refractivity contribution in [3.8, 4) is 11.5 Å². The Morgan fingerprint density at radius 1 is 1.36 bits per heavy atom. The van der Waals surface area contributed by atoms with Gasteiger partial charge in [0.1, 0.15) is 32.7 Å². The molecule has 8 heteroatoms. The Morgan fingerprint density at radius 2 is 2.12 bits per heavy atom. The molecule has 0 bridgehead atoms. The zero-order chi connectivity index (χ0) is 18.1. The van der Waals surface area contributed by atoms with Gasteiger partial charge in [0.05, 0.1) is 24.8 Å². The average Bonchev–Trinajstić information content (AvgIpc) is 2.59. The first-order chi connectivity index (χ1) is 12.1.